The van der Waals surface area contributed by atoms with Crippen molar-refractivity contribution in [3.63, 3.8) is 0 Å². The standard InChI is InChI=1S/C17H19NO5S/c1-2-24(20,21)23-15-6-3-5-13(11-15)12-18(14-8-9-14)17(19)16-7-4-10-22-16/h3-7,10-11,14H,2,8-9,12H2,1H3. The normalized spacial score (nSPS) is 14.4. The van der Waals surface area contributed by atoms with Crippen LogP contribution < -0.4 is 4.18 Å². The molecule has 2 aromatic rings. The van der Waals surface area contributed by atoms with Crippen molar-refractivity contribution in [2.75, 3.05) is 5.75 Å². The minimum Gasteiger partial charge on any atom is -0.459 e. The molecule has 0 unspecified atom stereocenters. The predicted molar refractivity (Wildman–Crippen MR) is 88.1 cm³/mol. The summed E-state index contributed by atoms with van der Waals surface area (Å²) in [5.74, 6) is 0.316. The predicted octanol–water partition coefficient (Wildman–Crippen LogP) is 2.81. The Kier molecular flexibility index (Phi) is 4.62. The van der Waals surface area contributed by atoms with Gasteiger partial charge in [0.15, 0.2) is 5.76 Å². The minimum absolute atomic E-state index is 0.0948. The zero-order valence-corrected chi connectivity index (χ0v) is 14.2. The van der Waals surface area contributed by atoms with Crippen LogP contribution in [0.2, 0.25) is 0 Å². The lowest BCUT2D eigenvalue weighted by Gasteiger charge is -2.21. The Hall–Kier alpha value is -2.28. The molecule has 0 aliphatic heterocycles. The molecule has 1 aromatic heterocycles. The van der Waals surface area contributed by atoms with Gasteiger partial charge in [-0.15, -0.1) is 0 Å². The van der Waals surface area contributed by atoms with Crippen molar-refractivity contribution < 1.29 is 21.8 Å². The highest BCUT2D eigenvalue weighted by molar-refractivity contribution is 7.87. The summed E-state index contributed by atoms with van der Waals surface area (Å²) >= 11 is 0. The minimum atomic E-state index is -3.57. The van der Waals surface area contributed by atoms with Gasteiger partial charge in [-0.3, -0.25) is 4.79 Å². The third kappa shape index (κ3) is 3.97. The van der Waals surface area contributed by atoms with Crippen LogP contribution in [0.15, 0.2) is 47.1 Å². The first kappa shape index (κ1) is 16.6. The fourth-order valence-electron chi connectivity index (χ4n) is 2.39. The van der Waals surface area contributed by atoms with Crippen LogP contribution >= 0.6 is 0 Å². The van der Waals surface area contributed by atoms with E-state index in [1.54, 1.807) is 35.2 Å². The molecule has 1 heterocycles. The second-order valence-electron chi connectivity index (χ2n) is 5.72. The van der Waals surface area contributed by atoms with Crippen LogP contribution in [-0.2, 0) is 16.7 Å². The molecule has 24 heavy (non-hydrogen) atoms. The van der Waals surface area contributed by atoms with Gasteiger partial charge in [-0.1, -0.05) is 12.1 Å². The third-order valence-corrected chi connectivity index (χ3v) is 4.96. The largest absolute Gasteiger partial charge is 0.459 e. The van der Waals surface area contributed by atoms with Crippen molar-refractivity contribution >= 4 is 16.0 Å². The summed E-state index contributed by atoms with van der Waals surface area (Å²) in [6.45, 7) is 1.91. The van der Waals surface area contributed by atoms with Crippen LogP contribution in [0.3, 0.4) is 0 Å². The van der Waals surface area contributed by atoms with E-state index in [4.69, 9.17) is 8.60 Å². The Balaban J connectivity index is 1.77. The number of carbonyl (C=O) groups is 1. The van der Waals surface area contributed by atoms with Crippen molar-refractivity contribution in [1.29, 1.82) is 0 Å². The molecule has 0 spiro atoms. The molecule has 3 rings (SSSR count). The van der Waals surface area contributed by atoms with Gasteiger partial charge in [0, 0.05) is 12.6 Å². The van der Waals surface area contributed by atoms with Gasteiger partial charge in [-0.2, -0.15) is 8.42 Å². The quantitative estimate of drug-likeness (QED) is 0.718. The van der Waals surface area contributed by atoms with E-state index in [1.165, 1.54) is 13.2 Å². The lowest BCUT2D eigenvalue weighted by Crippen LogP contribution is -2.32. The molecule has 7 heteroatoms. The van der Waals surface area contributed by atoms with Gasteiger partial charge in [-0.05, 0) is 49.6 Å². The smallest absolute Gasteiger partial charge is 0.308 e. The van der Waals surface area contributed by atoms with Crippen LogP contribution in [0.5, 0.6) is 5.75 Å². The van der Waals surface area contributed by atoms with Gasteiger partial charge in [0.25, 0.3) is 5.91 Å². The molecule has 1 aromatic carbocycles. The van der Waals surface area contributed by atoms with E-state index in [1.807, 2.05) is 6.07 Å². The lowest BCUT2D eigenvalue weighted by atomic mass is 10.2. The highest BCUT2D eigenvalue weighted by Crippen LogP contribution is 2.30. The van der Waals surface area contributed by atoms with E-state index < -0.39 is 10.1 Å². The summed E-state index contributed by atoms with van der Waals surface area (Å²) < 4.78 is 33.4. The Morgan fingerprint density at radius 3 is 2.71 bits per heavy atom. The molecule has 0 bridgehead atoms. The summed E-state index contributed by atoms with van der Waals surface area (Å²) in [4.78, 5) is 14.3. The van der Waals surface area contributed by atoms with Crippen molar-refractivity contribution in [2.45, 2.75) is 32.4 Å². The van der Waals surface area contributed by atoms with Crippen LogP contribution in [0.25, 0.3) is 0 Å². The van der Waals surface area contributed by atoms with Crippen LogP contribution in [0, 0.1) is 0 Å². The SMILES string of the molecule is CCS(=O)(=O)Oc1cccc(CN(C(=O)c2ccco2)C2CC2)c1. The van der Waals surface area contributed by atoms with Crippen LogP contribution in [-0.4, -0.2) is 31.0 Å². The molecule has 1 aliphatic rings. The average molecular weight is 349 g/mol. The number of hydrogen-bond acceptors (Lipinski definition) is 5. The molecule has 1 amide bonds. The van der Waals surface area contributed by atoms with E-state index in [9.17, 15) is 13.2 Å². The maximum atomic E-state index is 12.6. The molecule has 1 saturated carbocycles. The summed E-state index contributed by atoms with van der Waals surface area (Å²) in [5.41, 5.74) is 0.811. The topological polar surface area (TPSA) is 76.8 Å². The fraction of sp³-hybridized carbons (Fsp3) is 0.353. The number of benzene rings is 1. The molecular formula is C17H19NO5S. The van der Waals surface area contributed by atoms with Gasteiger partial charge >= 0.3 is 10.1 Å². The molecular weight excluding hydrogens is 330 g/mol. The maximum absolute atomic E-state index is 12.6. The zero-order valence-electron chi connectivity index (χ0n) is 13.3. The van der Waals surface area contributed by atoms with Gasteiger partial charge in [0.05, 0.1) is 12.0 Å². The Morgan fingerprint density at radius 1 is 1.29 bits per heavy atom. The Morgan fingerprint density at radius 2 is 2.08 bits per heavy atom. The van der Waals surface area contributed by atoms with Gasteiger partial charge < -0.3 is 13.5 Å². The van der Waals surface area contributed by atoms with E-state index in [2.05, 4.69) is 0 Å². The zero-order chi connectivity index (χ0) is 17.2. The first-order chi connectivity index (χ1) is 11.5. The van der Waals surface area contributed by atoms with E-state index in [0.29, 0.717) is 12.3 Å². The number of nitrogens with zero attached hydrogens (tertiary/aromatic N) is 1. The van der Waals surface area contributed by atoms with Crippen LogP contribution in [0.1, 0.15) is 35.9 Å². The van der Waals surface area contributed by atoms with Crippen molar-refractivity contribution in [2.24, 2.45) is 0 Å². The van der Waals surface area contributed by atoms with Gasteiger partial charge in [-0.25, -0.2) is 0 Å². The number of hydrogen-bond donors (Lipinski definition) is 0. The molecule has 128 valence electrons. The molecule has 6 nitrogen and oxygen atoms in total. The first-order valence-electron chi connectivity index (χ1n) is 7.84. The highest BCUT2D eigenvalue weighted by Gasteiger charge is 2.34. The van der Waals surface area contributed by atoms with Crippen molar-refractivity contribution in [1.82, 2.24) is 4.90 Å². The summed E-state index contributed by atoms with van der Waals surface area (Å²) in [6, 6.07) is 10.3. The van der Waals surface area contributed by atoms with Crippen molar-refractivity contribution in [3.05, 3.63) is 54.0 Å². The summed E-state index contributed by atoms with van der Waals surface area (Å²) in [6.07, 6.45) is 3.40. The van der Waals surface area contributed by atoms with E-state index >= 15 is 0 Å². The second kappa shape index (κ2) is 6.68. The molecule has 1 fully saturated rings. The third-order valence-electron chi connectivity index (χ3n) is 3.81. The van der Waals surface area contributed by atoms with E-state index in [0.717, 1.165) is 18.4 Å². The summed E-state index contributed by atoms with van der Waals surface area (Å²) in [7, 11) is -3.57. The highest BCUT2D eigenvalue weighted by atomic mass is 32.2. The monoisotopic (exact) mass is 349 g/mol. The molecule has 0 N–H and O–H groups in total. The Bertz CT molecular complexity index is 809. The van der Waals surface area contributed by atoms with Crippen LogP contribution in [0.4, 0.5) is 0 Å². The van der Waals surface area contributed by atoms with Gasteiger partial charge in [0.2, 0.25) is 0 Å². The average Bonchev–Trinajstić information content (AvgIpc) is 3.25. The number of amides is 1. The number of rotatable bonds is 7. The lowest BCUT2D eigenvalue weighted by molar-refractivity contribution is 0.0697. The number of furan rings is 1. The second-order valence-corrected chi connectivity index (χ2v) is 7.58. The molecule has 1 aliphatic carbocycles. The summed E-state index contributed by atoms with van der Waals surface area (Å²) in [5, 5.41) is 0. The van der Waals surface area contributed by atoms with Gasteiger partial charge in [0.1, 0.15) is 5.75 Å². The fourth-order valence-corrected chi connectivity index (χ4v) is 2.91. The Labute approximate surface area is 141 Å². The molecule has 0 radical (unpaired) electrons. The number of carbonyl (C=O) groups excluding carboxylic acids is 1. The first-order valence-corrected chi connectivity index (χ1v) is 9.42. The van der Waals surface area contributed by atoms with E-state index in [-0.39, 0.29) is 23.5 Å². The van der Waals surface area contributed by atoms with Crippen molar-refractivity contribution in [3.8, 4) is 5.75 Å². The molecule has 0 atom stereocenters. The molecule has 0 saturated heterocycles. The maximum Gasteiger partial charge on any atom is 0.308 e.